The third-order valence-electron chi connectivity index (χ3n) is 2.37. The van der Waals surface area contributed by atoms with E-state index < -0.39 is 0 Å². The second-order valence-corrected chi connectivity index (χ2v) is 6.41. The van der Waals surface area contributed by atoms with Crippen molar-refractivity contribution in [3.05, 3.63) is 32.8 Å². The van der Waals surface area contributed by atoms with Gasteiger partial charge in [0.25, 0.3) is 0 Å². The molecule has 94 valence electrons. The Hall–Kier alpha value is 0.240. The first kappa shape index (κ1) is 15.3. The average Bonchev–Trinajstić information content (AvgIpc) is 2.24. The number of rotatable bonds is 4. The summed E-state index contributed by atoms with van der Waals surface area (Å²) in [5.74, 6) is 0.132. The number of halogens is 4. The fourth-order valence-electron chi connectivity index (χ4n) is 1.38. The first-order valence-corrected chi connectivity index (χ1v) is 7.19. The number of carbonyl (C=O) groups is 1. The van der Waals surface area contributed by atoms with Gasteiger partial charge in [0.1, 0.15) is 5.78 Å². The van der Waals surface area contributed by atoms with E-state index in [-0.39, 0.29) is 16.5 Å². The van der Waals surface area contributed by atoms with Gasteiger partial charge in [-0.25, -0.2) is 0 Å². The molecule has 1 nitrogen and oxygen atoms in total. The molecule has 0 aromatic heterocycles. The topological polar surface area (TPSA) is 17.1 Å². The highest BCUT2D eigenvalue weighted by atomic mass is 79.9. The molecule has 0 spiro atoms. The van der Waals surface area contributed by atoms with Crippen LogP contribution in [0.4, 0.5) is 0 Å². The molecule has 1 unspecified atom stereocenters. The van der Waals surface area contributed by atoms with Crippen molar-refractivity contribution in [2.75, 3.05) is 0 Å². The number of benzene rings is 1. The van der Waals surface area contributed by atoms with Gasteiger partial charge in [-0.2, -0.15) is 0 Å². The molecule has 1 rings (SSSR count). The van der Waals surface area contributed by atoms with Crippen LogP contribution in [0.5, 0.6) is 0 Å². The molecule has 1 atom stereocenters. The van der Waals surface area contributed by atoms with Gasteiger partial charge in [-0.3, -0.25) is 4.79 Å². The van der Waals surface area contributed by atoms with Crippen molar-refractivity contribution in [1.82, 2.24) is 0 Å². The number of carbonyl (C=O) groups excluding carboxylic acids is 1. The lowest BCUT2D eigenvalue weighted by Crippen LogP contribution is -2.21. The summed E-state index contributed by atoms with van der Waals surface area (Å²) in [5, 5.41) is 1.39. The monoisotopic (exact) mass is 356 g/mol. The molecule has 1 aromatic carbocycles. The summed E-state index contributed by atoms with van der Waals surface area (Å²) in [6, 6.07) is 3.30. The smallest absolute Gasteiger partial charge is 0.149 e. The summed E-state index contributed by atoms with van der Waals surface area (Å²) in [5.41, 5.74) is 0.817. The van der Waals surface area contributed by atoms with E-state index in [2.05, 4.69) is 15.9 Å². The summed E-state index contributed by atoms with van der Waals surface area (Å²) < 4.78 is 0. The maximum absolute atomic E-state index is 11.8. The molecule has 0 N–H and O–H groups in total. The lowest BCUT2D eigenvalue weighted by molar-refractivity contribution is -0.121. The molecular weight excluding hydrogens is 346 g/mol. The highest BCUT2D eigenvalue weighted by molar-refractivity contribution is 9.10. The van der Waals surface area contributed by atoms with Gasteiger partial charge in [0.2, 0.25) is 0 Å². The summed E-state index contributed by atoms with van der Waals surface area (Å²) in [7, 11) is 0. The summed E-state index contributed by atoms with van der Waals surface area (Å²) >= 11 is 21.2. The number of alkyl halides is 1. The Labute approximate surface area is 125 Å². The molecule has 0 aliphatic carbocycles. The van der Waals surface area contributed by atoms with Crippen LogP contribution in [0.15, 0.2) is 12.1 Å². The number of hydrogen-bond acceptors (Lipinski definition) is 1. The van der Waals surface area contributed by atoms with Crippen molar-refractivity contribution in [3.8, 4) is 0 Å². The molecule has 0 heterocycles. The molecular formula is C12H12BrCl3O. The Morgan fingerprint density at radius 2 is 1.71 bits per heavy atom. The second-order valence-electron chi connectivity index (χ2n) is 4.09. The first-order valence-electron chi connectivity index (χ1n) is 5.14. The van der Waals surface area contributed by atoms with Gasteiger partial charge in [0.15, 0.2) is 0 Å². The van der Waals surface area contributed by atoms with Gasteiger partial charge in [-0.1, -0.05) is 64.6 Å². The molecule has 0 amide bonds. The molecule has 0 aliphatic heterocycles. The molecule has 0 radical (unpaired) electrons. The van der Waals surface area contributed by atoms with Gasteiger partial charge >= 0.3 is 0 Å². The average molecular weight is 358 g/mol. The Morgan fingerprint density at radius 1 is 1.18 bits per heavy atom. The van der Waals surface area contributed by atoms with Crippen LogP contribution in [0.3, 0.4) is 0 Å². The van der Waals surface area contributed by atoms with E-state index in [0.29, 0.717) is 21.5 Å². The van der Waals surface area contributed by atoms with Crippen LogP contribution in [0.2, 0.25) is 15.1 Å². The predicted molar refractivity (Wildman–Crippen MR) is 77.7 cm³/mol. The minimum Gasteiger partial charge on any atom is -0.298 e. The largest absolute Gasteiger partial charge is 0.298 e. The van der Waals surface area contributed by atoms with Crippen molar-refractivity contribution < 1.29 is 4.79 Å². The SMILES string of the molecule is CC(C)C(=O)C(Br)Cc1cc(Cl)c(Cl)cc1Cl. The van der Waals surface area contributed by atoms with Gasteiger partial charge in [-0.05, 0) is 24.1 Å². The van der Waals surface area contributed by atoms with Gasteiger partial charge in [0.05, 0.1) is 14.9 Å². The lowest BCUT2D eigenvalue weighted by atomic mass is 10.0. The summed E-state index contributed by atoms with van der Waals surface area (Å²) in [6.45, 7) is 3.74. The molecule has 17 heavy (non-hydrogen) atoms. The highest BCUT2D eigenvalue weighted by Crippen LogP contribution is 2.30. The maximum Gasteiger partial charge on any atom is 0.149 e. The molecule has 0 saturated carbocycles. The van der Waals surface area contributed by atoms with E-state index in [0.717, 1.165) is 5.56 Å². The Balaban J connectivity index is 2.89. The number of ketones is 1. The van der Waals surface area contributed by atoms with E-state index in [9.17, 15) is 4.79 Å². The van der Waals surface area contributed by atoms with Gasteiger partial charge < -0.3 is 0 Å². The van der Waals surface area contributed by atoms with Crippen LogP contribution < -0.4 is 0 Å². The first-order chi connectivity index (χ1) is 7.82. The van der Waals surface area contributed by atoms with Crippen molar-refractivity contribution in [2.45, 2.75) is 25.1 Å². The zero-order chi connectivity index (χ0) is 13.2. The minimum absolute atomic E-state index is 0.0130. The van der Waals surface area contributed by atoms with Crippen LogP contribution in [-0.4, -0.2) is 10.6 Å². The predicted octanol–water partition coefficient (Wildman–Crippen LogP) is 5.18. The van der Waals surface area contributed by atoms with Crippen molar-refractivity contribution in [1.29, 1.82) is 0 Å². The third kappa shape index (κ3) is 4.13. The summed E-state index contributed by atoms with van der Waals surface area (Å²) in [4.78, 5) is 11.5. The molecule has 0 saturated heterocycles. The molecule has 0 fully saturated rings. The quantitative estimate of drug-likeness (QED) is 0.535. The standard InChI is InChI=1S/C12H12BrCl3O/c1-6(2)12(17)8(13)3-7-4-10(15)11(16)5-9(7)14/h4-6,8H,3H2,1-2H3. The van der Waals surface area contributed by atoms with Crippen molar-refractivity contribution in [2.24, 2.45) is 5.92 Å². The maximum atomic E-state index is 11.8. The number of hydrogen-bond donors (Lipinski definition) is 0. The third-order valence-corrected chi connectivity index (χ3v) is 4.22. The van der Waals surface area contributed by atoms with Crippen LogP contribution in [-0.2, 0) is 11.2 Å². The van der Waals surface area contributed by atoms with Crippen LogP contribution >= 0.6 is 50.7 Å². The van der Waals surface area contributed by atoms with Gasteiger partial charge in [0, 0.05) is 10.9 Å². The fraction of sp³-hybridized carbons (Fsp3) is 0.417. The normalized spacial score (nSPS) is 12.9. The van der Waals surface area contributed by atoms with Crippen LogP contribution in [0.1, 0.15) is 19.4 Å². The second kappa shape index (κ2) is 6.42. The zero-order valence-corrected chi connectivity index (χ0v) is 13.3. The fourth-order valence-corrected chi connectivity index (χ4v) is 2.90. The Kier molecular flexibility index (Phi) is 5.78. The summed E-state index contributed by atoms with van der Waals surface area (Å²) in [6.07, 6.45) is 0.507. The van der Waals surface area contributed by atoms with Gasteiger partial charge in [-0.15, -0.1) is 0 Å². The zero-order valence-electron chi connectivity index (χ0n) is 9.44. The molecule has 5 heteroatoms. The van der Waals surface area contributed by atoms with E-state index in [4.69, 9.17) is 34.8 Å². The van der Waals surface area contributed by atoms with Crippen molar-refractivity contribution in [3.63, 3.8) is 0 Å². The highest BCUT2D eigenvalue weighted by Gasteiger charge is 2.20. The van der Waals surface area contributed by atoms with E-state index >= 15 is 0 Å². The van der Waals surface area contributed by atoms with Crippen LogP contribution in [0.25, 0.3) is 0 Å². The lowest BCUT2D eigenvalue weighted by Gasteiger charge is -2.13. The molecule has 0 aliphatic rings. The van der Waals surface area contributed by atoms with E-state index in [1.54, 1.807) is 12.1 Å². The molecule has 0 bridgehead atoms. The Bertz CT molecular complexity index is 432. The van der Waals surface area contributed by atoms with E-state index in [1.807, 2.05) is 13.8 Å². The van der Waals surface area contributed by atoms with Crippen LogP contribution in [0, 0.1) is 5.92 Å². The molecule has 1 aromatic rings. The Morgan fingerprint density at radius 3 is 2.24 bits per heavy atom. The van der Waals surface area contributed by atoms with Crippen molar-refractivity contribution >= 4 is 56.5 Å². The van der Waals surface area contributed by atoms with E-state index in [1.165, 1.54) is 0 Å². The number of Topliss-reactive ketones (excluding diaryl/α,β-unsaturated/α-hetero) is 1. The minimum atomic E-state index is -0.253.